The number of aliphatic hydroxyl groups excluding tert-OH is 1. The Kier molecular flexibility index (Phi) is 6.48. The van der Waals surface area contributed by atoms with Crippen molar-refractivity contribution in [3.8, 4) is 0 Å². The molecule has 2 amide bonds. The topological polar surface area (TPSA) is 61.4 Å². The van der Waals surface area contributed by atoms with Crippen LogP contribution in [0.25, 0.3) is 0 Å². The van der Waals surface area contributed by atoms with E-state index in [1.165, 1.54) is 0 Å². The lowest BCUT2D eigenvalue weighted by Gasteiger charge is -2.16. The first-order chi connectivity index (χ1) is 8.93. The summed E-state index contributed by atoms with van der Waals surface area (Å²) in [4.78, 5) is 12.6. The van der Waals surface area contributed by atoms with E-state index in [-0.39, 0.29) is 18.7 Å². The third-order valence-electron chi connectivity index (χ3n) is 2.22. The lowest BCUT2D eigenvalue weighted by atomic mass is 10.3. The Morgan fingerprint density at radius 1 is 1.42 bits per heavy atom. The number of benzene rings is 1. The molecule has 0 aliphatic rings. The molecule has 4 nitrogen and oxygen atoms in total. The van der Waals surface area contributed by atoms with Gasteiger partial charge in [-0.2, -0.15) is 0 Å². The van der Waals surface area contributed by atoms with Gasteiger partial charge in [0.2, 0.25) is 0 Å². The maximum Gasteiger partial charge on any atom is 0.319 e. The summed E-state index contributed by atoms with van der Waals surface area (Å²) >= 11 is 7.75. The third-order valence-corrected chi connectivity index (χ3v) is 3.79. The van der Waals surface area contributed by atoms with Crippen molar-refractivity contribution in [2.45, 2.75) is 37.0 Å². The summed E-state index contributed by atoms with van der Waals surface area (Å²) in [6.07, 6.45) is 0. The highest BCUT2D eigenvalue weighted by Crippen LogP contribution is 2.36. The molecule has 0 saturated carbocycles. The number of aliphatic hydroxyl groups is 1. The molecule has 1 aromatic carbocycles. The van der Waals surface area contributed by atoms with Crippen molar-refractivity contribution in [2.75, 3.05) is 11.9 Å². The van der Waals surface area contributed by atoms with Gasteiger partial charge in [0.15, 0.2) is 0 Å². The van der Waals surface area contributed by atoms with Gasteiger partial charge in [0.25, 0.3) is 0 Å². The lowest BCUT2D eigenvalue weighted by molar-refractivity contribution is 0.229. The molecule has 1 atom stereocenters. The maximum absolute atomic E-state index is 11.7. The molecule has 0 heterocycles. The molecule has 1 unspecified atom stereocenters. The fourth-order valence-electron chi connectivity index (χ4n) is 1.39. The van der Waals surface area contributed by atoms with Gasteiger partial charge in [-0.3, -0.25) is 0 Å². The van der Waals surface area contributed by atoms with Crippen molar-refractivity contribution in [2.24, 2.45) is 0 Å². The second-order valence-electron chi connectivity index (χ2n) is 4.47. The molecule has 1 aromatic rings. The van der Waals surface area contributed by atoms with Gasteiger partial charge in [-0.1, -0.05) is 31.5 Å². The van der Waals surface area contributed by atoms with Crippen molar-refractivity contribution < 1.29 is 9.90 Å². The Hall–Kier alpha value is -0.910. The number of thioether (sulfide) groups is 1. The molecule has 3 N–H and O–H groups in total. The average Bonchev–Trinajstić information content (AvgIpc) is 2.33. The number of amides is 2. The molecule has 0 fully saturated rings. The van der Waals surface area contributed by atoms with Gasteiger partial charge in [0.05, 0.1) is 23.4 Å². The van der Waals surface area contributed by atoms with Gasteiger partial charge in [0, 0.05) is 10.1 Å². The zero-order chi connectivity index (χ0) is 14.4. The molecule has 0 bridgehead atoms. The van der Waals surface area contributed by atoms with Gasteiger partial charge in [0.1, 0.15) is 0 Å². The van der Waals surface area contributed by atoms with Gasteiger partial charge in [-0.15, -0.1) is 11.8 Å². The summed E-state index contributed by atoms with van der Waals surface area (Å²) in [5.74, 6) is 0. The van der Waals surface area contributed by atoms with Crippen LogP contribution in [0.4, 0.5) is 10.5 Å². The van der Waals surface area contributed by atoms with Crippen molar-refractivity contribution in [3.63, 3.8) is 0 Å². The van der Waals surface area contributed by atoms with E-state index in [2.05, 4.69) is 24.5 Å². The molecule has 6 heteroatoms. The van der Waals surface area contributed by atoms with Gasteiger partial charge in [-0.05, 0) is 19.1 Å². The summed E-state index contributed by atoms with van der Waals surface area (Å²) in [7, 11) is 0. The molecule has 0 aliphatic heterocycles. The van der Waals surface area contributed by atoms with Crippen LogP contribution in [0, 0.1) is 0 Å². The minimum Gasteiger partial charge on any atom is -0.394 e. The fraction of sp³-hybridized carbons (Fsp3) is 0.462. The van der Waals surface area contributed by atoms with E-state index in [1.54, 1.807) is 36.9 Å². The van der Waals surface area contributed by atoms with E-state index in [0.29, 0.717) is 16.0 Å². The van der Waals surface area contributed by atoms with Crippen molar-refractivity contribution in [1.29, 1.82) is 0 Å². The number of rotatable bonds is 5. The van der Waals surface area contributed by atoms with Crippen LogP contribution in [0.15, 0.2) is 23.1 Å². The van der Waals surface area contributed by atoms with Crippen LogP contribution in [-0.4, -0.2) is 29.0 Å². The second kappa shape index (κ2) is 7.62. The van der Waals surface area contributed by atoms with Crippen LogP contribution in [0.2, 0.25) is 5.02 Å². The molecular weight excluding hydrogens is 284 g/mol. The van der Waals surface area contributed by atoms with E-state index in [1.807, 2.05) is 0 Å². The number of hydrogen-bond donors (Lipinski definition) is 3. The van der Waals surface area contributed by atoms with E-state index in [9.17, 15) is 4.79 Å². The summed E-state index contributed by atoms with van der Waals surface area (Å²) in [5.41, 5.74) is 0.675. The van der Waals surface area contributed by atoms with Crippen LogP contribution in [0.1, 0.15) is 20.8 Å². The SMILES string of the molecule is CC(CO)NC(=O)Nc1cccc(Cl)c1SC(C)C. The van der Waals surface area contributed by atoms with Crippen LogP contribution in [-0.2, 0) is 0 Å². The van der Waals surface area contributed by atoms with Gasteiger partial charge < -0.3 is 15.7 Å². The number of anilines is 1. The van der Waals surface area contributed by atoms with Crippen molar-refractivity contribution >= 4 is 35.1 Å². The quantitative estimate of drug-likeness (QED) is 0.731. The predicted molar refractivity (Wildman–Crippen MR) is 81.1 cm³/mol. The summed E-state index contributed by atoms with van der Waals surface area (Å²) in [5, 5.41) is 15.3. The Morgan fingerprint density at radius 2 is 2.11 bits per heavy atom. The maximum atomic E-state index is 11.7. The molecule has 0 saturated heterocycles. The molecule has 106 valence electrons. The highest BCUT2D eigenvalue weighted by Gasteiger charge is 2.13. The van der Waals surface area contributed by atoms with Crippen LogP contribution in [0.3, 0.4) is 0 Å². The predicted octanol–water partition coefficient (Wildman–Crippen LogP) is 3.34. The van der Waals surface area contributed by atoms with Crippen molar-refractivity contribution in [1.82, 2.24) is 5.32 Å². The summed E-state index contributed by atoms with van der Waals surface area (Å²) < 4.78 is 0. The molecule has 0 aliphatic carbocycles. The highest BCUT2D eigenvalue weighted by atomic mass is 35.5. The summed E-state index contributed by atoms with van der Waals surface area (Å²) in [6.45, 7) is 5.75. The zero-order valence-electron chi connectivity index (χ0n) is 11.2. The molecule has 0 radical (unpaired) electrons. The Morgan fingerprint density at radius 3 is 2.68 bits per heavy atom. The Bertz CT molecular complexity index is 441. The molecule has 0 spiro atoms. The third kappa shape index (κ3) is 5.30. The number of carbonyl (C=O) groups is 1. The van der Waals surface area contributed by atoms with Gasteiger partial charge >= 0.3 is 6.03 Å². The van der Waals surface area contributed by atoms with Crippen molar-refractivity contribution in [3.05, 3.63) is 23.2 Å². The molecular formula is C13H19ClN2O2S. The molecule has 1 rings (SSSR count). The number of nitrogens with one attached hydrogen (secondary N) is 2. The zero-order valence-corrected chi connectivity index (χ0v) is 12.8. The second-order valence-corrected chi connectivity index (χ2v) is 6.46. The van der Waals surface area contributed by atoms with E-state index >= 15 is 0 Å². The standard InChI is InChI=1S/C13H19ClN2O2S/c1-8(2)19-12-10(14)5-4-6-11(12)16-13(18)15-9(3)7-17/h4-6,8-9,17H,7H2,1-3H3,(H2,15,16,18). The fourth-order valence-corrected chi connectivity index (χ4v) is 2.60. The number of hydrogen-bond acceptors (Lipinski definition) is 3. The minimum atomic E-state index is -0.352. The minimum absolute atomic E-state index is 0.101. The van der Waals surface area contributed by atoms with Crippen LogP contribution in [0.5, 0.6) is 0 Å². The van der Waals surface area contributed by atoms with E-state index in [0.717, 1.165) is 4.90 Å². The largest absolute Gasteiger partial charge is 0.394 e. The van der Waals surface area contributed by atoms with E-state index in [4.69, 9.17) is 16.7 Å². The first kappa shape index (κ1) is 16.1. The molecule has 19 heavy (non-hydrogen) atoms. The van der Waals surface area contributed by atoms with Crippen LogP contribution < -0.4 is 10.6 Å². The number of carbonyl (C=O) groups excluding carboxylic acids is 1. The monoisotopic (exact) mass is 302 g/mol. The average molecular weight is 303 g/mol. The Labute approximate surface area is 122 Å². The first-order valence-electron chi connectivity index (χ1n) is 6.07. The lowest BCUT2D eigenvalue weighted by Crippen LogP contribution is -2.38. The smallest absolute Gasteiger partial charge is 0.319 e. The highest BCUT2D eigenvalue weighted by molar-refractivity contribution is 8.00. The number of urea groups is 1. The molecule has 0 aromatic heterocycles. The summed E-state index contributed by atoms with van der Waals surface area (Å²) in [6, 6.07) is 4.75. The first-order valence-corrected chi connectivity index (χ1v) is 7.33. The Balaban J connectivity index is 2.82. The number of halogens is 1. The van der Waals surface area contributed by atoms with Crippen LogP contribution >= 0.6 is 23.4 Å². The van der Waals surface area contributed by atoms with E-state index < -0.39 is 0 Å². The normalized spacial score (nSPS) is 12.3. The van der Waals surface area contributed by atoms with Gasteiger partial charge in [-0.25, -0.2) is 4.79 Å².